The first-order valence-electron chi connectivity index (χ1n) is 4.24. The van der Waals surface area contributed by atoms with Gasteiger partial charge >= 0.3 is 0 Å². The molecule has 3 heteroatoms. The molecule has 0 aromatic rings. The zero-order chi connectivity index (χ0) is 8.10. The summed E-state index contributed by atoms with van der Waals surface area (Å²) in [5.74, 6) is 2.43. The molecule has 0 bridgehead atoms. The minimum absolute atomic E-state index is 0.627. The lowest BCUT2D eigenvalue weighted by atomic mass is 10.2. The highest BCUT2D eigenvalue weighted by molar-refractivity contribution is 7.99. The minimum Gasteiger partial charge on any atom is -0.378 e. The smallest absolute Gasteiger partial charge is 0.0643 e. The van der Waals surface area contributed by atoms with E-state index in [-0.39, 0.29) is 0 Å². The first-order valence-corrected chi connectivity index (χ1v) is 5.40. The van der Waals surface area contributed by atoms with Crippen LogP contribution in [0.4, 0.5) is 0 Å². The van der Waals surface area contributed by atoms with Gasteiger partial charge in [-0.25, -0.2) is 0 Å². The van der Waals surface area contributed by atoms with Crippen LogP contribution in [0.5, 0.6) is 0 Å². The first-order chi connectivity index (χ1) is 5.33. The lowest BCUT2D eigenvalue weighted by Gasteiger charge is -2.29. The van der Waals surface area contributed by atoms with Gasteiger partial charge in [-0.15, -0.1) is 0 Å². The second kappa shape index (κ2) is 5.01. The number of hydrogen-bond acceptors (Lipinski definition) is 3. The number of nitrogens with one attached hydrogen (secondary N) is 1. The van der Waals surface area contributed by atoms with Crippen LogP contribution < -0.4 is 5.32 Å². The van der Waals surface area contributed by atoms with E-state index in [0.29, 0.717) is 12.1 Å². The van der Waals surface area contributed by atoms with Gasteiger partial charge in [-0.2, -0.15) is 11.8 Å². The molecule has 1 saturated heterocycles. The zero-order valence-electron chi connectivity index (χ0n) is 7.30. The van der Waals surface area contributed by atoms with Gasteiger partial charge in [-0.3, -0.25) is 0 Å². The Labute approximate surface area is 73.1 Å². The summed E-state index contributed by atoms with van der Waals surface area (Å²) >= 11 is 1.99. The molecule has 0 aromatic carbocycles. The fraction of sp³-hybridized carbons (Fsp3) is 1.00. The highest BCUT2D eigenvalue weighted by Gasteiger charge is 2.19. The molecule has 0 amide bonds. The Morgan fingerprint density at radius 1 is 1.64 bits per heavy atom. The van der Waals surface area contributed by atoms with Gasteiger partial charge in [-0.05, 0) is 12.7 Å². The van der Waals surface area contributed by atoms with Gasteiger partial charge in [0.05, 0.1) is 19.3 Å². The van der Waals surface area contributed by atoms with Crippen LogP contribution in [-0.2, 0) is 4.74 Å². The molecule has 1 N–H and O–H groups in total. The lowest BCUT2D eigenvalue weighted by Crippen LogP contribution is -2.50. The number of thioether (sulfide) groups is 1. The molecule has 1 aliphatic rings. The molecular weight excluding hydrogens is 158 g/mol. The van der Waals surface area contributed by atoms with Crippen LogP contribution in [0.15, 0.2) is 0 Å². The van der Waals surface area contributed by atoms with Gasteiger partial charge in [0.15, 0.2) is 0 Å². The molecule has 11 heavy (non-hydrogen) atoms. The predicted octanol–water partition coefficient (Wildman–Crippen LogP) is 1.12. The summed E-state index contributed by atoms with van der Waals surface area (Å²) in [6.07, 6.45) is 0. The largest absolute Gasteiger partial charge is 0.378 e. The van der Waals surface area contributed by atoms with Crippen LogP contribution in [0.3, 0.4) is 0 Å². The molecule has 2 nitrogen and oxygen atoms in total. The number of hydrogen-bond donors (Lipinski definition) is 1. The van der Waals surface area contributed by atoms with E-state index in [1.807, 2.05) is 11.8 Å². The Balaban J connectivity index is 1.95. The van der Waals surface area contributed by atoms with Gasteiger partial charge in [0.25, 0.3) is 0 Å². The van der Waals surface area contributed by atoms with E-state index in [9.17, 15) is 0 Å². The number of ether oxygens (including phenoxy) is 1. The van der Waals surface area contributed by atoms with Gasteiger partial charge in [0.2, 0.25) is 0 Å². The molecule has 1 heterocycles. The van der Waals surface area contributed by atoms with E-state index in [1.165, 1.54) is 11.5 Å². The molecule has 1 rings (SSSR count). The van der Waals surface area contributed by atoms with E-state index >= 15 is 0 Å². The molecule has 1 aliphatic heterocycles. The summed E-state index contributed by atoms with van der Waals surface area (Å²) < 4.78 is 5.07. The topological polar surface area (TPSA) is 21.3 Å². The maximum atomic E-state index is 5.07. The van der Waals surface area contributed by atoms with E-state index in [0.717, 1.165) is 13.2 Å². The summed E-state index contributed by atoms with van der Waals surface area (Å²) in [6, 6.07) is 1.26. The summed E-state index contributed by atoms with van der Waals surface area (Å²) in [7, 11) is 0. The van der Waals surface area contributed by atoms with Crippen LogP contribution in [0, 0.1) is 0 Å². The van der Waals surface area contributed by atoms with Crippen molar-refractivity contribution >= 4 is 11.8 Å². The third-order valence-electron chi connectivity index (χ3n) is 1.73. The van der Waals surface area contributed by atoms with Crippen molar-refractivity contribution in [2.45, 2.75) is 25.9 Å². The fourth-order valence-corrected chi connectivity index (χ4v) is 1.76. The fourth-order valence-electron chi connectivity index (χ4n) is 1.08. The molecule has 1 fully saturated rings. The first kappa shape index (κ1) is 9.36. The van der Waals surface area contributed by atoms with Gasteiger partial charge < -0.3 is 10.1 Å². The van der Waals surface area contributed by atoms with Crippen LogP contribution in [0.25, 0.3) is 0 Å². The summed E-state index contributed by atoms with van der Waals surface area (Å²) in [5, 5.41) is 3.51. The molecule has 1 atom stereocenters. The van der Waals surface area contributed by atoms with Gasteiger partial charge in [-0.1, -0.05) is 6.92 Å². The molecule has 66 valence electrons. The quantitative estimate of drug-likeness (QED) is 0.676. The average Bonchev–Trinajstić information content (AvgIpc) is 1.93. The Morgan fingerprint density at radius 3 is 2.82 bits per heavy atom. The molecule has 0 aliphatic carbocycles. The maximum Gasteiger partial charge on any atom is 0.0643 e. The van der Waals surface area contributed by atoms with E-state index < -0.39 is 0 Å². The summed E-state index contributed by atoms with van der Waals surface area (Å²) in [4.78, 5) is 0. The molecule has 0 spiro atoms. The van der Waals surface area contributed by atoms with Crippen molar-refractivity contribution < 1.29 is 4.74 Å². The molecule has 1 unspecified atom stereocenters. The average molecular weight is 175 g/mol. The second-order valence-corrected chi connectivity index (χ2v) is 4.28. The van der Waals surface area contributed by atoms with Crippen molar-refractivity contribution in [2.24, 2.45) is 0 Å². The molecule has 0 aromatic heterocycles. The standard InChI is InChI=1S/C8H17NOS/c1-3-11-6-7(2)9-8-4-10-5-8/h7-9H,3-6H2,1-2H3. The van der Waals surface area contributed by atoms with Crippen molar-refractivity contribution in [2.75, 3.05) is 24.7 Å². The van der Waals surface area contributed by atoms with E-state index in [2.05, 4.69) is 19.2 Å². The second-order valence-electron chi connectivity index (χ2n) is 2.96. The number of rotatable bonds is 5. The lowest BCUT2D eigenvalue weighted by molar-refractivity contribution is -0.00807. The third kappa shape index (κ3) is 3.45. The normalized spacial score (nSPS) is 21.3. The molecule has 0 radical (unpaired) electrons. The maximum absolute atomic E-state index is 5.07. The van der Waals surface area contributed by atoms with Gasteiger partial charge in [0, 0.05) is 11.8 Å². The zero-order valence-corrected chi connectivity index (χ0v) is 8.12. The van der Waals surface area contributed by atoms with Crippen molar-refractivity contribution in [3.05, 3.63) is 0 Å². The van der Waals surface area contributed by atoms with E-state index in [4.69, 9.17) is 4.74 Å². The van der Waals surface area contributed by atoms with Crippen molar-refractivity contribution in [1.29, 1.82) is 0 Å². The Hall–Kier alpha value is 0.270. The Bertz CT molecular complexity index is 106. The highest BCUT2D eigenvalue weighted by Crippen LogP contribution is 2.05. The SMILES string of the molecule is CCSCC(C)NC1COC1. The molecular formula is C8H17NOS. The van der Waals surface area contributed by atoms with Crippen LogP contribution in [0.2, 0.25) is 0 Å². The van der Waals surface area contributed by atoms with E-state index in [1.54, 1.807) is 0 Å². The van der Waals surface area contributed by atoms with Crippen molar-refractivity contribution in [3.63, 3.8) is 0 Å². The Kier molecular flexibility index (Phi) is 4.26. The summed E-state index contributed by atoms with van der Waals surface area (Å²) in [5.41, 5.74) is 0. The van der Waals surface area contributed by atoms with Crippen LogP contribution >= 0.6 is 11.8 Å². The van der Waals surface area contributed by atoms with Crippen molar-refractivity contribution in [3.8, 4) is 0 Å². The summed E-state index contributed by atoms with van der Waals surface area (Å²) in [6.45, 7) is 6.24. The molecule has 0 saturated carbocycles. The highest BCUT2D eigenvalue weighted by atomic mass is 32.2. The monoisotopic (exact) mass is 175 g/mol. The van der Waals surface area contributed by atoms with Gasteiger partial charge in [0.1, 0.15) is 0 Å². The third-order valence-corrected chi connectivity index (χ3v) is 2.87. The van der Waals surface area contributed by atoms with Crippen molar-refractivity contribution in [1.82, 2.24) is 5.32 Å². The van der Waals surface area contributed by atoms with Crippen LogP contribution in [0.1, 0.15) is 13.8 Å². The predicted molar refractivity (Wildman–Crippen MR) is 50.2 cm³/mol. The Morgan fingerprint density at radius 2 is 2.36 bits per heavy atom. The van der Waals surface area contributed by atoms with Crippen LogP contribution in [-0.4, -0.2) is 36.8 Å². The minimum atomic E-state index is 0.627.